The molecule has 2 unspecified atom stereocenters. The van der Waals surface area contributed by atoms with Gasteiger partial charge in [0.15, 0.2) is 5.78 Å². The predicted molar refractivity (Wildman–Crippen MR) is 124 cm³/mol. The second-order valence-electron chi connectivity index (χ2n) is 8.35. The summed E-state index contributed by atoms with van der Waals surface area (Å²) in [5.41, 5.74) is 1.89. The van der Waals surface area contributed by atoms with Crippen LogP contribution in [0, 0.1) is 0 Å². The number of hydrogen-bond acceptors (Lipinski definition) is 8. The van der Waals surface area contributed by atoms with Gasteiger partial charge in [0, 0.05) is 45.2 Å². The Labute approximate surface area is 195 Å². The predicted octanol–water partition coefficient (Wildman–Crippen LogP) is 1.44. The molecule has 1 saturated heterocycles. The van der Waals surface area contributed by atoms with Gasteiger partial charge in [0.05, 0.1) is 23.4 Å². The Hall–Kier alpha value is -2.31. The van der Waals surface area contributed by atoms with Crippen molar-refractivity contribution in [1.29, 1.82) is 0 Å². The second-order valence-corrected chi connectivity index (χ2v) is 10.3. The lowest BCUT2D eigenvalue weighted by molar-refractivity contribution is -0.121. The number of nitrogens with one attached hydrogen (secondary N) is 1. The lowest BCUT2D eigenvalue weighted by atomic mass is 10.00. The van der Waals surface area contributed by atoms with Crippen molar-refractivity contribution < 1.29 is 18.0 Å². The Morgan fingerprint density at radius 3 is 2.52 bits per heavy atom. The standard InChI is InChI=1S/C22H32N6O4S/c1-5-18(29)20-21-17(15-23-26(21)4)28(32-6-2)22(24-20)16-9-7-8-10-19(16)33(30,31)27-13-11-25(3)12-14-27/h7-10,15,20,22,24H,5-6,11-14H2,1-4H3. The van der Waals surface area contributed by atoms with Crippen molar-refractivity contribution in [3.63, 3.8) is 0 Å². The van der Waals surface area contributed by atoms with Gasteiger partial charge in [-0.3, -0.25) is 19.6 Å². The van der Waals surface area contributed by atoms with Crippen LogP contribution in [0.5, 0.6) is 0 Å². The topological polar surface area (TPSA) is 100 Å². The minimum Gasteiger partial charge on any atom is -0.304 e. The Kier molecular flexibility index (Phi) is 6.87. The first kappa shape index (κ1) is 23.8. The number of fused-ring (bicyclic) bond motifs is 1. The number of rotatable bonds is 7. The fraction of sp³-hybridized carbons (Fsp3) is 0.545. The molecule has 11 heteroatoms. The SMILES string of the molecule is CCON1c2cnn(C)c2C(C(=O)CC)NC1c1ccccc1S(=O)(=O)N1CCN(C)CC1. The summed E-state index contributed by atoms with van der Waals surface area (Å²) in [6.45, 7) is 6.28. The third-order valence-electron chi connectivity index (χ3n) is 6.27. The Morgan fingerprint density at radius 1 is 1.15 bits per heavy atom. The summed E-state index contributed by atoms with van der Waals surface area (Å²) < 4.78 is 30.6. The van der Waals surface area contributed by atoms with E-state index in [-0.39, 0.29) is 10.7 Å². The second kappa shape index (κ2) is 9.51. The van der Waals surface area contributed by atoms with Gasteiger partial charge in [-0.05, 0) is 20.0 Å². The van der Waals surface area contributed by atoms with E-state index in [4.69, 9.17) is 4.84 Å². The van der Waals surface area contributed by atoms with E-state index in [2.05, 4.69) is 15.3 Å². The summed E-state index contributed by atoms with van der Waals surface area (Å²) in [5, 5.41) is 9.35. The van der Waals surface area contributed by atoms with E-state index in [0.717, 1.165) is 0 Å². The molecule has 2 aromatic rings. The highest BCUT2D eigenvalue weighted by Crippen LogP contribution is 2.40. The number of carbonyl (C=O) groups excluding carboxylic acids is 1. The number of Topliss-reactive ketones (excluding diaryl/α,β-unsaturated/α-hetero) is 1. The molecule has 1 N–H and O–H groups in total. The van der Waals surface area contributed by atoms with Gasteiger partial charge < -0.3 is 4.90 Å². The van der Waals surface area contributed by atoms with E-state index in [0.29, 0.717) is 56.2 Å². The van der Waals surface area contributed by atoms with Crippen LogP contribution >= 0.6 is 0 Å². The summed E-state index contributed by atoms with van der Waals surface area (Å²) in [7, 11) is 0.0301. The number of likely N-dealkylation sites (N-methyl/N-ethyl adjacent to an activating group) is 1. The largest absolute Gasteiger partial charge is 0.304 e. The maximum Gasteiger partial charge on any atom is 0.243 e. The smallest absolute Gasteiger partial charge is 0.243 e. The molecule has 2 aliphatic heterocycles. The van der Waals surface area contributed by atoms with Gasteiger partial charge in [0.25, 0.3) is 0 Å². The Morgan fingerprint density at radius 2 is 1.85 bits per heavy atom. The summed E-state index contributed by atoms with van der Waals surface area (Å²) >= 11 is 0. The summed E-state index contributed by atoms with van der Waals surface area (Å²) in [5.74, 6) is 0.000374. The molecule has 0 spiro atoms. The van der Waals surface area contributed by atoms with E-state index in [9.17, 15) is 13.2 Å². The van der Waals surface area contributed by atoms with Crippen LogP contribution in [0.15, 0.2) is 35.4 Å². The lowest BCUT2D eigenvalue weighted by Gasteiger charge is -2.41. The van der Waals surface area contributed by atoms with Crippen molar-refractivity contribution in [3.05, 3.63) is 41.7 Å². The average molecular weight is 477 g/mol. The van der Waals surface area contributed by atoms with Gasteiger partial charge in [-0.25, -0.2) is 13.5 Å². The minimum absolute atomic E-state index is 0.000374. The van der Waals surface area contributed by atoms with Gasteiger partial charge in [-0.15, -0.1) is 0 Å². The number of sulfonamides is 1. The molecule has 33 heavy (non-hydrogen) atoms. The number of hydroxylamine groups is 1. The maximum atomic E-state index is 13.7. The number of benzene rings is 1. The van der Waals surface area contributed by atoms with E-state index >= 15 is 0 Å². The molecule has 3 heterocycles. The highest BCUT2D eigenvalue weighted by molar-refractivity contribution is 7.89. The summed E-state index contributed by atoms with van der Waals surface area (Å²) in [4.78, 5) is 21.2. The van der Waals surface area contributed by atoms with Crippen LogP contribution in [0.25, 0.3) is 0 Å². The number of anilines is 1. The molecule has 4 rings (SSSR count). The third kappa shape index (κ3) is 4.31. The molecule has 0 saturated carbocycles. The van der Waals surface area contributed by atoms with Crippen LogP contribution in [0.2, 0.25) is 0 Å². The number of ketones is 1. The zero-order valence-electron chi connectivity index (χ0n) is 19.6. The molecule has 2 aliphatic rings. The number of carbonyl (C=O) groups is 1. The molecule has 180 valence electrons. The molecule has 0 amide bonds. The first-order valence-electron chi connectivity index (χ1n) is 11.3. The Balaban J connectivity index is 1.80. The molecule has 1 fully saturated rings. The molecule has 0 bridgehead atoms. The molecule has 10 nitrogen and oxygen atoms in total. The molecular weight excluding hydrogens is 444 g/mol. The molecule has 1 aromatic carbocycles. The van der Waals surface area contributed by atoms with Crippen LogP contribution in [0.4, 0.5) is 5.69 Å². The highest BCUT2D eigenvalue weighted by Gasteiger charge is 2.41. The minimum atomic E-state index is -3.74. The number of aryl methyl sites for hydroxylation is 1. The lowest BCUT2D eigenvalue weighted by Crippen LogP contribution is -2.49. The van der Waals surface area contributed by atoms with Crippen molar-refractivity contribution >= 4 is 21.5 Å². The van der Waals surface area contributed by atoms with E-state index < -0.39 is 22.2 Å². The van der Waals surface area contributed by atoms with Gasteiger partial charge in [-0.2, -0.15) is 9.40 Å². The average Bonchev–Trinajstić information content (AvgIpc) is 3.21. The van der Waals surface area contributed by atoms with Gasteiger partial charge in [0.2, 0.25) is 10.0 Å². The third-order valence-corrected chi connectivity index (χ3v) is 8.24. The number of hydrogen-bond donors (Lipinski definition) is 1. The molecular formula is C22H32N6O4S. The fourth-order valence-corrected chi connectivity index (χ4v) is 6.09. The first-order chi connectivity index (χ1) is 15.8. The summed E-state index contributed by atoms with van der Waals surface area (Å²) in [6, 6.07) is 6.31. The van der Waals surface area contributed by atoms with Gasteiger partial charge in [0.1, 0.15) is 17.9 Å². The van der Waals surface area contributed by atoms with Gasteiger partial charge >= 0.3 is 0 Å². The number of aromatic nitrogens is 2. The molecule has 1 aromatic heterocycles. The van der Waals surface area contributed by atoms with Crippen LogP contribution < -0.4 is 10.4 Å². The Bertz CT molecular complexity index is 1110. The van der Waals surface area contributed by atoms with Crippen molar-refractivity contribution in [2.45, 2.75) is 37.4 Å². The van der Waals surface area contributed by atoms with E-state index in [1.54, 1.807) is 47.3 Å². The van der Waals surface area contributed by atoms with E-state index in [1.165, 1.54) is 4.31 Å². The number of nitrogens with zero attached hydrogens (tertiary/aromatic N) is 5. The molecule has 0 radical (unpaired) electrons. The van der Waals surface area contributed by atoms with Crippen LogP contribution in [0.1, 0.15) is 43.7 Å². The van der Waals surface area contributed by atoms with Crippen molar-refractivity contribution in [2.75, 3.05) is 44.9 Å². The zero-order chi connectivity index (χ0) is 23.8. The van der Waals surface area contributed by atoms with Gasteiger partial charge in [-0.1, -0.05) is 25.1 Å². The van der Waals surface area contributed by atoms with E-state index in [1.807, 2.05) is 20.9 Å². The first-order valence-corrected chi connectivity index (χ1v) is 12.7. The van der Waals surface area contributed by atoms with Crippen molar-refractivity contribution in [2.24, 2.45) is 7.05 Å². The monoisotopic (exact) mass is 476 g/mol. The van der Waals surface area contributed by atoms with Crippen molar-refractivity contribution in [3.8, 4) is 0 Å². The maximum absolute atomic E-state index is 13.7. The van der Waals surface area contributed by atoms with Crippen LogP contribution in [-0.2, 0) is 26.7 Å². The quantitative estimate of drug-likeness (QED) is 0.641. The normalized spacial score (nSPS) is 22.4. The number of piperazine rings is 1. The summed E-state index contributed by atoms with van der Waals surface area (Å²) in [6.07, 6.45) is 1.32. The van der Waals surface area contributed by atoms with Crippen molar-refractivity contribution in [1.82, 2.24) is 24.3 Å². The molecule has 0 aliphatic carbocycles. The van der Waals surface area contributed by atoms with Crippen LogP contribution in [-0.4, -0.2) is 73.0 Å². The fourth-order valence-electron chi connectivity index (χ4n) is 4.44. The zero-order valence-corrected chi connectivity index (χ0v) is 20.4. The highest BCUT2D eigenvalue weighted by atomic mass is 32.2. The van der Waals surface area contributed by atoms with Crippen LogP contribution in [0.3, 0.4) is 0 Å². The molecule has 2 atom stereocenters.